The van der Waals surface area contributed by atoms with Gasteiger partial charge in [0.2, 0.25) is 0 Å². The standard InChI is InChI=1S/C86H132N2O2S5.CH4/c1-8-13-18-23-28-31-32-33-34-35-36-37-38-41-46-51-56-70-62-72-71-61-67(7)92-83(71)84-73(82(72)93-70)63-77(95-84)74-59-60-76(94-74)81-79-78(85(89)88(81)65-69(53-48-43-27-22-17-12-5)55-50-45-40-30-25-20-15-10-3)80(75-58-57-66(6)91-75)87(86(79)90)64-68(52-47-42-26-21-16-11-4)54-49-44-39-29-24-19-14-9-2;/h57-63,68-69H,8-56,64-65H2,1-7H3;1H4. The van der Waals surface area contributed by atoms with Crippen LogP contribution in [0.2, 0.25) is 0 Å². The van der Waals surface area contributed by atoms with Gasteiger partial charge in [-0.15, -0.1) is 56.7 Å². The number of nitrogens with zero attached hydrogens (tertiary/aromatic N) is 2. The molecule has 536 valence electrons. The highest BCUT2D eigenvalue weighted by Crippen LogP contribution is 2.53. The second-order valence-electron chi connectivity index (χ2n) is 29.7. The fraction of sp³-hybridized carbons (Fsp3) is 0.701. The maximum absolute atomic E-state index is 16.2. The molecule has 2 amide bonds. The molecule has 0 aliphatic carbocycles. The highest BCUT2D eigenvalue weighted by molar-refractivity contribution is 7.32. The third-order valence-corrected chi connectivity index (χ3v) is 27.2. The third kappa shape index (κ3) is 24.6. The Balaban J connectivity index is 0.0000130. The molecule has 2 aliphatic rings. The molecule has 0 N–H and O–H groups in total. The Morgan fingerprint density at radius 1 is 0.312 bits per heavy atom. The lowest BCUT2D eigenvalue weighted by Crippen LogP contribution is -2.34. The second kappa shape index (κ2) is 45.7. The highest BCUT2D eigenvalue weighted by Gasteiger charge is 2.50. The Hall–Kier alpha value is -3.08. The van der Waals surface area contributed by atoms with Gasteiger partial charge in [-0.25, -0.2) is 0 Å². The van der Waals surface area contributed by atoms with E-state index in [1.165, 1.54) is 344 Å². The maximum Gasteiger partial charge on any atom is 0.261 e. The lowest BCUT2D eigenvalue weighted by atomic mass is 9.93. The van der Waals surface area contributed by atoms with E-state index in [2.05, 4.69) is 101 Å². The molecule has 0 saturated carbocycles. The molecule has 0 fully saturated rings. The van der Waals surface area contributed by atoms with E-state index < -0.39 is 0 Å². The molecular weight excluding hydrogens is 1270 g/mol. The number of fused-ring (bicyclic) bond motifs is 7. The number of rotatable bonds is 56. The Morgan fingerprint density at radius 3 is 1.05 bits per heavy atom. The molecule has 2 aliphatic heterocycles. The summed E-state index contributed by atoms with van der Waals surface area (Å²) in [5.41, 5.74) is 3.17. The Morgan fingerprint density at radius 2 is 0.656 bits per heavy atom. The van der Waals surface area contributed by atoms with Crippen molar-refractivity contribution in [2.24, 2.45) is 11.8 Å². The number of aryl methyl sites for hydroxylation is 3. The zero-order valence-corrected chi connectivity index (χ0v) is 65.6. The van der Waals surface area contributed by atoms with Crippen LogP contribution in [0.5, 0.6) is 0 Å². The summed E-state index contributed by atoms with van der Waals surface area (Å²) >= 11 is 9.56. The van der Waals surface area contributed by atoms with E-state index in [-0.39, 0.29) is 19.2 Å². The molecule has 0 bridgehead atoms. The van der Waals surface area contributed by atoms with E-state index in [0.717, 1.165) is 46.8 Å². The molecule has 0 saturated heterocycles. The van der Waals surface area contributed by atoms with Gasteiger partial charge in [0.05, 0.1) is 41.7 Å². The molecule has 0 radical (unpaired) electrons. The van der Waals surface area contributed by atoms with Gasteiger partial charge < -0.3 is 9.80 Å². The number of amides is 2. The van der Waals surface area contributed by atoms with Crippen molar-refractivity contribution in [2.75, 3.05) is 13.1 Å². The minimum atomic E-state index is 0. The van der Waals surface area contributed by atoms with Gasteiger partial charge in [-0.05, 0) is 107 Å². The van der Waals surface area contributed by atoms with Crippen molar-refractivity contribution in [1.29, 1.82) is 0 Å². The molecule has 6 aromatic rings. The quantitative estimate of drug-likeness (QED) is 0.0357. The van der Waals surface area contributed by atoms with Crippen LogP contribution in [0.4, 0.5) is 0 Å². The van der Waals surface area contributed by atoms with Crippen molar-refractivity contribution in [1.82, 2.24) is 9.80 Å². The van der Waals surface area contributed by atoms with Crippen LogP contribution in [0, 0.1) is 25.7 Å². The molecule has 0 spiro atoms. The first-order valence-electron chi connectivity index (χ1n) is 40.4. The predicted molar refractivity (Wildman–Crippen MR) is 434 cm³/mol. The first-order chi connectivity index (χ1) is 46.7. The fourth-order valence-corrected chi connectivity index (χ4v) is 21.4. The molecule has 4 nitrogen and oxygen atoms in total. The molecule has 5 aromatic heterocycles. The van der Waals surface area contributed by atoms with Crippen LogP contribution in [0.15, 0.2) is 53.6 Å². The van der Waals surface area contributed by atoms with Gasteiger partial charge in [0, 0.05) is 58.3 Å². The monoisotopic (exact) mass is 1400 g/mol. The summed E-state index contributed by atoms with van der Waals surface area (Å²) in [5, 5.41) is 4.26. The number of hydrogen-bond donors (Lipinski definition) is 0. The lowest BCUT2D eigenvalue weighted by molar-refractivity contribution is -0.124. The molecule has 2 unspecified atom stereocenters. The summed E-state index contributed by atoms with van der Waals surface area (Å²) in [6.07, 6.45) is 64.4. The van der Waals surface area contributed by atoms with Gasteiger partial charge in [0.25, 0.3) is 11.8 Å². The van der Waals surface area contributed by atoms with Gasteiger partial charge in [0.1, 0.15) is 0 Å². The third-order valence-electron chi connectivity index (χ3n) is 21.4. The topological polar surface area (TPSA) is 40.6 Å². The van der Waals surface area contributed by atoms with E-state index >= 15 is 9.59 Å². The van der Waals surface area contributed by atoms with Gasteiger partial charge in [-0.2, -0.15) is 0 Å². The first kappa shape index (κ1) is 80.2. The molecule has 1 aromatic carbocycles. The summed E-state index contributed by atoms with van der Waals surface area (Å²) in [7, 11) is 0. The lowest BCUT2D eigenvalue weighted by Gasteiger charge is -2.29. The summed E-state index contributed by atoms with van der Waals surface area (Å²) in [5.74, 6) is 0.908. The van der Waals surface area contributed by atoms with E-state index in [9.17, 15) is 0 Å². The van der Waals surface area contributed by atoms with Crippen molar-refractivity contribution in [3.8, 4) is 9.75 Å². The predicted octanol–water partition coefficient (Wildman–Crippen LogP) is 30.8. The van der Waals surface area contributed by atoms with Crippen LogP contribution in [0.25, 0.3) is 51.4 Å². The normalized spacial score (nSPS) is 14.2. The van der Waals surface area contributed by atoms with E-state index in [1.807, 2.05) is 45.3 Å². The van der Waals surface area contributed by atoms with Crippen molar-refractivity contribution >= 4 is 110 Å². The van der Waals surface area contributed by atoms with Crippen molar-refractivity contribution in [3.05, 3.63) is 78.0 Å². The van der Waals surface area contributed by atoms with Gasteiger partial charge in [-0.1, -0.05) is 318 Å². The maximum atomic E-state index is 16.2. The smallest absolute Gasteiger partial charge is 0.261 e. The summed E-state index contributed by atoms with van der Waals surface area (Å²) in [6.45, 7) is 17.4. The minimum Gasteiger partial charge on any atom is -0.306 e. The second-order valence-corrected chi connectivity index (χ2v) is 35.5. The van der Waals surface area contributed by atoms with Crippen molar-refractivity contribution < 1.29 is 9.59 Å². The highest BCUT2D eigenvalue weighted by atomic mass is 32.1. The van der Waals surface area contributed by atoms with Crippen LogP contribution >= 0.6 is 56.7 Å². The van der Waals surface area contributed by atoms with Gasteiger partial charge in [-0.3, -0.25) is 9.59 Å². The van der Waals surface area contributed by atoms with Crippen LogP contribution in [0.3, 0.4) is 0 Å². The summed E-state index contributed by atoms with van der Waals surface area (Å²) in [4.78, 5) is 45.5. The van der Waals surface area contributed by atoms with Crippen LogP contribution in [0.1, 0.15) is 375 Å². The van der Waals surface area contributed by atoms with E-state index in [4.69, 9.17) is 0 Å². The number of thiophene rings is 5. The Kier molecular flexibility index (Phi) is 38.2. The fourth-order valence-electron chi connectivity index (χ4n) is 15.7. The minimum absolute atomic E-state index is 0. The molecule has 2 atom stereocenters. The van der Waals surface area contributed by atoms with Gasteiger partial charge >= 0.3 is 0 Å². The van der Waals surface area contributed by atoms with Crippen LogP contribution < -0.4 is 0 Å². The molecule has 7 heterocycles. The van der Waals surface area contributed by atoms with Crippen LogP contribution in [-0.4, -0.2) is 34.7 Å². The molecule has 8 rings (SSSR count). The zero-order chi connectivity index (χ0) is 66.8. The number of unbranched alkanes of at least 4 members (excludes halogenated alkanes) is 39. The number of carbonyl (C=O) groups excluding carboxylic acids is 2. The van der Waals surface area contributed by atoms with E-state index in [1.54, 1.807) is 11.3 Å². The number of carbonyl (C=O) groups is 2. The Labute approximate surface area is 608 Å². The summed E-state index contributed by atoms with van der Waals surface area (Å²) < 4.78 is 4.28. The zero-order valence-electron chi connectivity index (χ0n) is 61.5. The number of hydrogen-bond acceptors (Lipinski definition) is 7. The van der Waals surface area contributed by atoms with E-state index in [0.29, 0.717) is 36.1 Å². The Bertz CT molecular complexity index is 3210. The van der Waals surface area contributed by atoms with Gasteiger partial charge in [0.15, 0.2) is 0 Å². The largest absolute Gasteiger partial charge is 0.306 e. The first-order valence-corrected chi connectivity index (χ1v) is 44.5. The molecule has 9 heteroatoms. The SMILES string of the molecule is C.CCCCCCCCCCCCCCCCCCc1cc2c3cc(C)sc3c3sc(-c4ccc(C5=C6C(=O)N(CC(CCCCCCCC)CCCCCCCCCC)C(c7ccc(C)s7)=C6C(=O)N5CC(CCCCCCCC)CCCCCCCCCC)s4)cc3c2s1. The van der Waals surface area contributed by atoms with Crippen LogP contribution in [-0.2, 0) is 16.0 Å². The van der Waals surface area contributed by atoms with Crippen molar-refractivity contribution in [3.63, 3.8) is 0 Å². The number of benzene rings is 1. The molecular formula is C87H136N2O2S5. The molecule has 96 heavy (non-hydrogen) atoms. The average molecular weight is 1400 g/mol. The average Bonchev–Trinajstić information content (AvgIpc) is 1.56. The van der Waals surface area contributed by atoms with Crippen molar-refractivity contribution in [2.45, 2.75) is 371 Å². The summed E-state index contributed by atoms with van der Waals surface area (Å²) in [6, 6.07) is 16.6.